The van der Waals surface area contributed by atoms with Crippen LogP contribution in [0.4, 0.5) is 0 Å². The fourth-order valence-electron chi connectivity index (χ4n) is 0.880. The first-order valence-electron chi connectivity index (χ1n) is 2.74. The van der Waals surface area contributed by atoms with Crippen molar-refractivity contribution in [3.05, 3.63) is 0 Å². The van der Waals surface area contributed by atoms with Crippen molar-refractivity contribution < 1.29 is 4.21 Å². The normalized spacial score (nSPS) is 38.1. The Bertz CT molecular complexity index is 103. The molecule has 0 aromatic carbocycles. The molecule has 1 fully saturated rings. The Kier molecular flexibility index (Phi) is 2.38. The second kappa shape index (κ2) is 2.87. The molecule has 0 saturated carbocycles. The molecule has 0 radical (unpaired) electrons. The van der Waals surface area contributed by atoms with Crippen molar-refractivity contribution in [3.63, 3.8) is 0 Å². The molecule has 0 aliphatic carbocycles. The zero-order valence-corrected chi connectivity index (χ0v) is 6.56. The van der Waals surface area contributed by atoms with Crippen LogP contribution in [0.15, 0.2) is 0 Å². The Morgan fingerprint density at radius 2 is 2.50 bits per heavy atom. The summed E-state index contributed by atoms with van der Waals surface area (Å²) in [6.45, 7) is 0. The van der Waals surface area contributed by atoms with Crippen LogP contribution in [-0.2, 0) is 10.8 Å². The van der Waals surface area contributed by atoms with E-state index in [0.717, 1.165) is 18.6 Å². The standard InChI is InChI=1S/C5H10OS2/c1-7-5-3-2-4-8(5)6/h5H,2-4H2,1H3/t5-,8?/m1/s1. The number of hydrogen-bond acceptors (Lipinski definition) is 2. The summed E-state index contributed by atoms with van der Waals surface area (Å²) in [7, 11) is -0.498. The molecule has 0 aromatic heterocycles. The summed E-state index contributed by atoms with van der Waals surface area (Å²) in [6, 6.07) is 0. The smallest absolute Gasteiger partial charge is 0.0798 e. The molecule has 1 rings (SSSR count). The largest absolute Gasteiger partial charge is 0.258 e. The van der Waals surface area contributed by atoms with Crippen molar-refractivity contribution >= 4 is 22.6 Å². The maximum Gasteiger partial charge on any atom is 0.0798 e. The van der Waals surface area contributed by atoms with E-state index in [1.54, 1.807) is 11.8 Å². The summed E-state index contributed by atoms with van der Waals surface area (Å²) in [5, 5.41) is 0. The van der Waals surface area contributed by atoms with Crippen molar-refractivity contribution in [2.75, 3.05) is 12.0 Å². The summed E-state index contributed by atoms with van der Waals surface area (Å²) < 4.78 is 11.3. The molecule has 0 N–H and O–H groups in total. The van der Waals surface area contributed by atoms with E-state index < -0.39 is 10.8 Å². The van der Waals surface area contributed by atoms with Crippen molar-refractivity contribution in [2.24, 2.45) is 0 Å². The van der Waals surface area contributed by atoms with Gasteiger partial charge in [-0.1, -0.05) is 0 Å². The molecule has 3 heteroatoms. The third-order valence-electron chi connectivity index (χ3n) is 1.34. The van der Waals surface area contributed by atoms with E-state index in [2.05, 4.69) is 0 Å². The first-order valence-corrected chi connectivity index (χ1v) is 5.41. The zero-order valence-electron chi connectivity index (χ0n) is 4.92. The van der Waals surface area contributed by atoms with Gasteiger partial charge in [0, 0.05) is 16.6 Å². The third-order valence-corrected chi connectivity index (χ3v) is 4.84. The molecule has 1 aliphatic rings. The minimum absolute atomic E-state index is 0.454. The first kappa shape index (κ1) is 6.62. The van der Waals surface area contributed by atoms with Crippen LogP contribution in [0.1, 0.15) is 12.8 Å². The van der Waals surface area contributed by atoms with E-state index >= 15 is 0 Å². The quantitative estimate of drug-likeness (QED) is 0.559. The van der Waals surface area contributed by atoms with E-state index in [-0.39, 0.29) is 0 Å². The van der Waals surface area contributed by atoms with E-state index in [4.69, 9.17) is 0 Å². The topological polar surface area (TPSA) is 17.1 Å². The Morgan fingerprint density at radius 1 is 1.75 bits per heavy atom. The lowest BCUT2D eigenvalue weighted by molar-refractivity contribution is 0.686. The van der Waals surface area contributed by atoms with Crippen LogP contribution in [-0.4, -0.2) is 20.8 Å². The molecule has 1 heterocycles. The molecular weight excluding hydrogens is 140 g/mol. The second-order valence-electron chi connectivity index (χ2n) is 1.89. The van der Waals surface area contributed by atoms with Crippen molar-refractivity contribution in [3.8, 4) is 0 Å². The van der Waals surface area contributed by atoms with Gasteiger partial charge in [-0.05, 0) is 19.1 Å². The molecule has 48 valence electrons. The van der Waals surface area contributed by atoms with Crippen molar-refractivity contribution in [1.82, 2.24) is 0 Å². The van der Waals surface area contributed by atoms with E-state index in [1.807, 2.05) is 6.26 Å². The predicted molar refractivity (Wildman–Crippen MR) is 39.5 cm³/mol. The minimum Gasteiger partial charge on any atom is -0.258 e. The SMILES string of the molecule is CS[C@H]1CCCS1=O. The van der Waals surface area contributed by atoms with Crippen LogP contribution in [0, 0.1) is 0 Å². The molecule has 2 atom stereocenters. The molecule has 0 spiro atoms. The van der Waals surface area contributed by atoms with Gasteiger partial charge in [0.15, 0.2) is 0 Å². The minimum atomic E-state index is -0.498. The van der Waals surface area contributed by atoms with Gasteiger partial charge in [0.2, 0.25) is 0 Å². The highest BCUT2D eigenvalue weighted by Gasteiger charge is 2.20. The second-order valence-corrected chi connectivity index (χ2v) is 4.97. The molecular formula is C5H10OS2. The van der Waals surface area contributed by atoms with E-state index in [1.165, 1.54) is 0 Å². The molecule has 0 aromatic rings. The van der Waals surface area contributed by atoms with E-state index in [9.17, 15) is 4.21 Å². The fraction of sp³-hybridized carbons (Fsp3) is 1.00. The number of rotatable bonds is 1. The fourth-order valence-corrected chi connectivity index (χ4v) is 3.57. The average molecular weight is 150 g/mol. The summed E-state index contributed by atoms with van der Waals surface area (Å²) in [5.74, 6) is 0.936. The number of thioether (sulfide) groups is 1. The van der Waals surface area contributed by atoms with Crippen LogP contribution in [0.2, 0.25) is 0 Å². The highest BCUT2D eigenvalue weighted by Crippen LogP contribution is 2.23. The van der Waals surface area contributed by atoms with Crippen molar-refractivity contribution in [2.45, 2.75) is 17.4 Å². The molecule has 0 bridgehead atoms. The predicted octanol–water partition coefficient (Wildman–Crippen LogP) is 1.22. The lowest BCUT2D eigenvalue weighted by Crippen LogP contribution is -2.01. The molecule has 1 saturated heterocycles. The number of hydrogen-bond donors (Lipinski definition) is 0. The summed E-state index contributed by atoms with van der Waals surface area (Å²) in [4.78, 5) is 0. The van der Waals surface area contributed by atoms with Crippen LogP contribution in [0.25, 0.3) is 0 Å². The van der Waals surface area contributed by atoms with Crippen LogP contribution in [0.5, 0.6) is 0 Å². The lowest BCUT2D eigenvalue weighted by Gasteiger charge is -1.99. The van der Waals surface area contributed by atoms with Gasteiger partial charge in [0.1, 0.15) is 0 Å². The van der Waals surface area contributed by atoms with Gasteiger partial charge in [0.25, 0.3) is 0 Å². The molecule has 1 unspecified atom stereocenters. The average Bonchev–Trinajstić information content (AvgIpc) is 2.14. The lowest BCUT2D eigenvalue weighted by atomic mass is 10.4. The zero-order chi connectivity index (χ0) is 5.98. The Labute approximate surface area is 56.7 Å². The monoisotopic (exact) mass is 150 g/mol. The molecule has 1 aliphatic heterocycles. The summed E-state index contributed by atoms with van der Waals surface area (Å²) >= 11 is 1.74. The highest BCUT2D eigenvalue weighted by molar-refractivity contribution is 8.11. The maximum atomic E-state index is 10.9. The summed E-state index contributed by atoms with van der Waals surface area (Å²) in [6.07, 6.45) is 4.36. The highest BCUT2D eigenvalue weighted by atomic mass is 32.2. The van der Waals surface area contributed by atoms with Crippen molar-refractivity contribution in [1.29, 1.82) is 0 Å². The maximum absolute atomic E-state index is 10.9. The van der Waals surface area contributed by atoms with Crippen LogP contribution < -0.4 is 0 Å². The van der Waals surface area contributed by atoms with Gasteiger partial charge >= 0.3 is 0 Å². The molecule has 1 nitrogen and oxygen atoms in total. The van der Waals surface area contributed by atoms with Gasteiger partial charge in [-0.2, -0.15) is 0 Å². The van der Waals surface area contributed by atoms with Gasteiger partial charge in [0.05, 0.1) is 4.58 Å². The molecule has 0 amide bonds. The van der Waals surface area contributed by atoms with Gasteiger partial charge < -0.3 is 0 Å². The van der Waals surface area contributed by atoms with Gasteiger partial charge in [-0.25, -0.2) is 0 Å². The molecule has 8 heavy (non-hydrogen) atoms. The first-order chi connectivity index (χ1) is 3.84. The summed E-state index contributed by atoms with van der Waals surface area (Å²) in [5.41, 5.74) is 0. The van der Waals surface area contributed by atoms with E-state index in [0.29, 0.717) is 4.58 Å². The van der Waals surface area contributed by atoms with Crippen LogP contribution in [0.3, 0.4) is 0 Å². The third kappa shape index (κ3) is 1.26. The Hall–Kier alpha value is 0.500. The van der Waals surface area contributed by atoms with Gasteiger partial charge in [-0.15, -0.1) is 11.8 Å². The Balaban J connectivity index is 2.42. The Morgan fingerprint density at radius 3 is 2.75 bits per heavy atom. The van der Waals surface area contributed by atoms with Gasteiger partial charge in [-0.3, -0.25) is 4.21 Å². The van der Waals surface area contributed by atoms with Crippen LogP contribution >= 0.6 is 11.8 Å².